The molecule has 2 aliphatic heterocycles. The van der Waals surface area contributed by atoms with Crippen LogP contribution in [0.5, 0.6) is 0 Å². The molecule has 3 N–H and O–H groups in total. The molecule has 1 atom stereocenters. The Kier molecular flexibility index (Phi) is 3.44. The molecule has 116 valence electrons. The first kappa shape index (κ1) is 14.4. The van der Waals surface area contributed by atoms with Crippen LogP contribution in [0, 0.1) is 0 Å². The minimum Gasteiger partial charge on any atom is -0.397 e. The number of ether oxygens (including phenoxy) is 1. The van der Waals surface area contributed by atoms with Crippen molar-refractivity contribution in [3.05, 3.63) is 54.1 Å². The van der Waals surface area contributed by atoms with E-state index in [1.165, 1.54) is 23.7 Å². The first-order valence-corrected chi connectivity index (χ1v) is 8.42. The number of hydrogen-bond acceptors (Lipinski definition) is 6. The predicted octanol–water partition coefficient (Wildman–Crippen LogP) is 2.99. The smallest absolute Gasteiger partial charge is 0.397 e. The summed E-state index contributed by atoms with van der Waals surface area (Å²) in [5.74, 6) is -0.333. The van der Waals surface area contributed by atoms with Gasteiger partial charge in [0.15, 0.2) is 0 Å². The van der Waals surface area contributed by atoms with E-state index >= 15 is 0 Å². The van der Waals surface area contributed by atoms with Crippen LogP contribution in [0.4, 0.5) is 10.5 Å². The van der Waals surface area contributed by atoms with Gasteiger partial charge in [0.25, 0.3) is 5.91 Å². The van der Waals surface area contributed by atoms with E-state index in [4.69, 9.17) is 4.74 Å². The number of carbonyl (C=O) groups excluding carboxylic acids is 2. The second-order valence-corrected chi connectivity index (χ2v) is 6.95. The van der Waals surface area contributed by atoms with Crippen LogP contribution >= 0.6 is 23.7 Å². The van der Waals surface area contributed by atoms with E-state index in [0.717, 1.165) is 9.79 Å². The van der Waals surface area contributed by atoms with E-state index < -0.39 is 11.3 Å². The van der Waals surface area contributed by atoms with Crippen molar-refractivity contribution in [2.75, 3.05) is 5.32 Å². The number of thioether (sulfide) groups is 1. The van der Waals surface area contributed by atoms with Crippen LogP contribution in [-0.2, 0) is 4.74 Å². The zero-order chi connectivity index (χ0) is 15.9. The number of fused-ring (bicyclic) bond motifs is 2. The highest BCUT2D eigenvalue weighted by atomic mass is 32.2. The summed E-state index contributed by atoms with van der Waals surface area (Å²) in [5.41, 5.74) is 0.800. The lowest BCUT2D eigenvalue weighted by Crippen LogP contribution is -2.59. The molecule has 6 nitrogen and oxygen atoms in total. The Morgan fingerprint density at radius 1 is 0.957 bits per heavy atom. The number of hydrogen-bond donors (Lipinski definition) is 3. The van der Waals surface area contributed by atoms with Crippen LogP contribution in [0.15, 0.2) is 58.3 Å². The number of nitrogens with one attached hydrogen (secondary N) is 3. The fraction of sp³-hybridized carbons (Fsp3) is 0.0667. The van der Waals surface area contributed by atoms with Gasteiger partial charge in [-0.25, -0.2) is 4.79 Å². The first-order chi connectivity index (χ1) is 11.2. The van der Waals surface area contributed by atoms with Crippen molar-refractivity contribution >= 4 is 41.4 Å². The van der Waals surface area contributed by atoms with Crippen LogP contribution in [0.25, 0.3) is 0 Å². The van der Waals surface area contributed by atoms with E-state index in [1.54, 1.807) is 24.3 Å². The highest BCUT2D eigenvalue weighted by Crippen LogP contribution is 2.43. The van der Waals surface area contributed by atoms with Crippen molar-refractivity contribution in [1.29, 1.82) is 0 Å². The molecule has 2 aromatic carbocycles. The van der Waals surface area contributed by atoms with Crippen molar-refractivity contribution < 1.29 is 14.3 Å². The minimum absolute atomic E-state index is 0.333. The van der Waals surface area contributed by atoms with Crippen molar-refractivity contribution in [2.45, 2.75) is 15.0 Å². The Hall–Kier alpha value is -2.16. The fourth-order valence-corrected chi connectivity index (χ4v) is 4.39. The Bertz CT molecular complexity index is 814. The quantitative estimate of drug-likeness (QED) is 0.637. The lowest BCUT2D eigenvalue weighted by Gasteiger charge is -2.37. The third-order valence-electron chi connectivity index (χ3n) is 3.32. The summed E-state index contributed by atoms with van der Waals surface area (Å²) < 4.78 is 8.47. The molecule has 1 unspecified atom stereocenters. The van der Waals surface area contributed by atoms with E-state index in [2.05, 4.69) is 15.4 Å². The van der Waals surface area contributed by atoms with Gasteiger partial charge in [-0.15, -0.1) is 0 Å². The molecule has 0 aromatic heterocycles. The average Bonchev–Trinajstić information content (AvgIpc) is 2.54. The monoisotopic (exact) mass is 345 g/mol. The summed E-state index contributed by atoms with van der Waals surface area (Å²) in [6.45, 7) is 0. The SMILES string of the molecule is O=C1Nc2ccccc2C(=O)NC2(NSc3ccccc3S2)O1. The molecule has 0 saturated carbocycles. The zero-order valence-electron chi connectivity index (χ0n) is 11.7. The first-order valence-electron chi connectivity index (χ1n) is 6.79. The molecular formula is C15H11N3O3S2. The maximum atomic E-state index is 12.5. The highest BCUT2D eigenvalue weighted by molar-refractivity contribution is 8.05. The Morgan fingerprint density at radius 2 is 1.70 bits per heavy atom. The van der Waals surface area contributed by atoms with Crippen LogP contribution in [0.2, 0.25) is 0 Å². The fourth-order valence-electron chi connectivity index (χ4n) is 2.31. The highest BCUT2D eigenvalue weighted by Gasteiger charge is 2.43. The molecule has 2 amide bonds. The van der Waals surface area contributed by atoms with E-state index in [1.807, 2.05) is 24.3 Å². The van der Waals surface area contributed by atoms with Gasteiger partial charge in [0.05, 0.1) is 11.3 Å². The normalized spacial score (nSPS) is 22.8. The number of anilines is 1. The molecule has 4 rings (SSSR count). The molecule has 8 heteroatoms. The second kappa shape index (κ2) is 5.48. The minimum atomic E-state index is -1.37. The molecule has 0 fully saturated rings. The van der Waals surface area contributed by atoms with Gasteiger partial charge >= 0.3 is 11.3 Å². The zero-order valence-corrected chi connectivity index (χ0v) is 13.3. The Morgan fingerprint density at radius 3 is 2.57 bits per heavy atom. The molecule has 0 bridgehead atoms. The number of benzene rings is 2. The van der Waals surface area contributed by atoms with Crippen LogP contribution in [0.3, 0.4) is 0 Å². The van der Waals surface area contributed by atoms with Gasteiger partial charge in [0, 0.05) is 9.79 Å². The Balaban J connectivity index is 1.72. The lowest BCUT2D eigenvalue weighted by atomic mass is 10.1. The molecule has 2 aliphatic rings. The van der Waals surface area contributed by atoms with Gasteiger partial charge in [0.2, 0.25) is 0 Å². The van der Waals surface area contributed by atoms with Gasteiger partial charge < -0.3 is 4.74 Å². The summed E-state index contributed by atoms with van der Waals surface area (Å²) in [6, 6.07) is 14.5. The Labute approximate surface area is 140 Å². The molecule has 1 spiro atoms. The molecule has 0 aliphatic carbocycles. The standard InChI is InChI=1S/C15H11N3O3S2/c19-13-9-5-1-2-6-10(9)16-14(20)21-15(17-13)18-23-12-8-4-3-7-11(12)22-15/h1-8,18H,(H,16,20)(H,17,19). The van der Waals surface area contributed by atoms with Crippen LogP contribution in [0.1, 0.15) is 10.4 Å². The van der Waals surface area contributed by atoms with Gasteiger partial charge in [0.1, 0.15) is 0 Å². The third-order valence-corrected chi connectivity index (χ3v) is 5.70. The van der Waals surface area contributed by atoms with Gasteiger partial charge in [-0.05, 0) is 48.0 Å². The summed E-state index contributed by atoms with van der Waals surface area (Å²) in [5, 5.41) is 4.01. The van der Waals surface area contributed by atoms with Crippen LogP contribution in [-0.4, -0.2) is 17.2 Å². The van der Waals surface area contributed by atoms with Gasteiger partial charge in [-0.3, -0.25) is 15.4 Å². The summed E-state index contributed by atoms with van der Waals surface area (Å²) in [7, 11) is 0. The summed E-state index contributed by atoms with van der Waals surface area (Å²) >= 11 is 2.54. The summed E-state index contributed by atoms with van der Waals surface area (Å²) in [4.78, 5) is 26.6. The van der Waals surface area contributed by atoms with E-state index in [-0.39, 0.29) is 5.91 Å². The van der Waals surface area contributed by atoms with Crippen molar-refractivity contribution in [2.24, 2.45) is 0 Å². The van der Waals surface area contributed by atoms with Gasteiger partial charge in [-0.2, -0.15) is 4.72 Å². The van der Waals surface area contributed by atoms with Crippen molar-refractivity contribution in [1.82, 2.24) is 10.0 Å². The largest absolute Gasteiger partial charge is 0.415 e. The lowest BCUT2D eigenvalue weighted by molar-refractivity contribution is 0.0480. The molecule has 0 radical (unpaired) electrons. The topological polar surface area (TPSA) is 79.5 Å². The third kappa shape index (κ3) is 2.65. The second-order valence-electron chi connectivity index (χ2n) is 4.88. The van der Waals surface area contributed by atoms with Crippen LogP contribution < -0.4 is 15.4 Å². The molecule has 2 heterocycles. The maximum absolute atomic E-state index is 12.5. The molecular weight excluding hydrogens is 334 g/mol. The summed E-state index contributed by atoms with van der Waals surface area (Å²) in [6.07, 6.45) is -0.641. The number of para-hydroxylation sites is 1. The van der Waals surface area contributed by atoms with Crippen molar-refractivity contribution in [3.63, 3.8) is 0 Å². The molecule has 2 aromatic rings. The number of carbonyl (C=O) groups is 2. The van der Waals surface area contributed by atoms with E-state index in [0.29, 0.717) is 11.3 Å². The molecule has 0 saturated heterocycles. The maximum Gasteiger partial charge on any atom is 0.415 e. The molecule has 23 heavy (non-hydrogen) atoms. The number of rotatable bonds is 0. The van der Waals surface area contributed by atoms with Gasteiger partial charge in [-0.1, -0.05) is 24.3 Å². The predicted molar refractivity (Wildman–Crippen MR) is 88.0 cm³/mol. The average molecular weight is 345 g/mol. The number of amides is 2. The van der Waals surface area contributed by atoms with Crippen molar-refractivity contribution in [3.8, 4) is 0 Å². The van der Waals surface area contributed by atoms with E-state index in [9.17, 15) is 9.59 Å².